The van der Waals surface area contributed by atoms with Crippen LogP contribution >= 0.6 is 0 Å². The predicted octanol–water partition coefficient (Wildman–Crippen LogP) is 1.69. The van der Waals surface area contributed by atoms with Crippen molar-refractivity contribution in [2.45, 2.75) is 17.5 Å². The maximum Gasteiger partial charge on any atom is 0.419 e. The van der Waals surface area contributed by atoms with Crippen molar-refractivity contribution in [3.8, 4) is 0 Å². The molecule has 0 saturated carbocycles. The third kappa shape index (κ3) is 3.09. The molecule has 0 bridgehead atoms. The highest BCUT2D eigenvalue weighted by molar-refractivity contribution is 7.89. The molecule has 0 aliphatic carbocycles. The highest BCUT2D eigenvalue weighted by Gasteiger charge is 2.37. The van der Waals surface area contributed by atoms with Crippen molar-refractivity contribution in [1.82, 2.24) is 4.98 Å². The molecule has 0 aliphatic rings. The van der Waals surface area contributed by atoms with E-state index in [0.29, 0.717) is 0 Å². The van der Waals surface area contributed by atoms with Crippen molar-refractivity contribution in [1.29, 1.82) is 0 Å². The molecule has 2 N–H and O–H groups in total. The summed E-state index contributed by atoms with van der Waals surface area (Å²) in [6.45, 7) is 0. The van der Waals surface area contributed by atoms with E-state index in [1.54, 1.807) is 0 Å². The summed E-state index contributed by atoms with van der Waals surface area (Å²) in [6.07, 6.45) is -8.23. The molecule has 17 heavy (non-hydrogen) atoms. The zero-order chi connectivity index (χ0) is 13.4. The Labute approximate surface area is 92.3 Å². The van der Waals surface area contributed by atoms with Crippen LogP contribution in [0.4, 0.5) is 22.0 Å². The van der Waals surface area contributed by atoms with E-state index in [9.17, 15) is 30.4 Å². The second-order valence-electron chi connectivity index (χ2n) is 2.95. The summed E-state index contributed by atoms with van der Waals surface area (Å²) in [5.74, 6) is 0. The number of nitrogens with two attached hydrogens (primary N) is 1. The Bertz CT molecular complexity index is 526. The summed E-state index contributed by atoms with van der Waals surface area (Å²) in [7, 11) is -4.77. The normalized spacial score (nSPS) is 13.1. The number of halogens is 5. The fraction of sp³-hybridized carbons (Fsp3) is 0.286. The van der Waals surface area contributed by atoms with Crippen LogP contribution in [-0.4, -0.2) is 13.4 Å². The van der Waals surface area contributed by atoms with Gasteiger partial charge in [-0.3, -0.25) is 4.98 Å². The summed E-state index contributed by atoms with van der Waals surface area (Å²) < 4.78 is 83.2. The largest absolute Gasteiger partial charge is 0.419 e. The summed E-state index contributed by atoms with van der Waals surface area (Å²) in [5, 5.41) is 4.52. The van der Waals surface area contributed by atoms with Crippen LogP contribution < -0.4 is 5.14 Å². The van der Waals surface area contributed by atoms with Gasteiger partial charge in [0.05, 0.1) is 10.5 Å². The van der Waals surface area contributed by atoms with E-state index >= 15 is 0 Å². The van der Waals surface area contributed by atoms with Crippen molar-refractivity contribution in [3.63, 3.8) is 0 Å². The van der Waals surface area contributed by atoms with Gasteiger partial charge in [0.25, 0.3) is 6.43 Å². The van der Waals surface area contributed by atoms with Crippen LogP contribution in [0.25, 0.3) is 0 Å². The van der Waals surface area contributed by atoms with Gasteiger partial charge in [0.15, 0.2) is 0 Å². The molecule has 0 amide bonds. The number of rotatable bonds is 2. The first-order valence-electron chi connectivity index (χ1n) is 3.91. The van der Waals surface area contributed by atoms with Gasteiger partial charge >= 0.3 is 6.18 Å². The second-order valence-corrected chi connectivity index (χ2v) is 4.48. The maximum absolute atomic E-state index is 12.4. The quantitative estimate of drug-likeness (QED) is 0.835. The van der Waals surface area contributed by atoms with Crippen LogP contribution in [-0.2, 0) is 16.2 Å². The number of nitrogens with zero attached hydrogens (tertiary/aromatic N) is 1. The van der Waals surface area contributed by atoms with Crippen molar-refractivity contribution in [2.24, 2.45) is 5.14 Å². The molecule has 0 aliphatic heterocycles. The molecule has 0 atom stereocenters. The summed E-state index contributed by atoms with van der Waals surface area (Å²) >= 11 is 0. The van der Waals surface area contributed by atoms with Gasteiger partial charge in [0, 0.05) is 6.20 Å². The minimum Gasteiger partial charge on any atom is -0.255 e. The number of primary sulfonamides is 1. The van der Waals surface area contributed by atoms with Gasteiger partial charge in [-0.2, -0.15) is 13.2 Å². The topological polar surface area (TPSA) is 73.1 Å². The minimum absolute atomic E-state index is 0.0151. The lowest BCUT2D eigenvalue weighted by molar-refractivity contribution is -0.140. The van der Waals surface area contributed by atoms with Crippen molar-refractivity contribution >= 4 is 10.0 Å². The molecule has 10 heteroatoms. The van der Waals surface area contributed by atoms with Gasteiger partial charge in [0.1, 0.15) is 5.69 Å². The van der Waals surface area contributed by atoms with E-state index in [1.807, 2.05) is 0 Å². The standard InChI is InChI=1S/C7H5F5N2O2S/c8-6(9)4-1-5(17(13,15)16)3(2-14-4)7(10,11)12/h1-2,6H,(H2,13,15,16). The van der Waals surface area contributed by atoms with E-state index < -0.39 is 38.8 Å². The molecule has 0 spiro atoms. The Kier molecular flexibility index (Phi) is 3.39. The van der Waals surface area contributed by atoms with Gasteiger partial charge in [0.2, 0.25) is 10.0 Å². The molecule has 1 aromatic heterocycles. The average Bonchev–Trinajstić information content (AvgIpc) is 2.14. The second kappa shape index (κ2) is 4.18. The maximum atomic E-state index is 12.4. The molecule has 4 nitrogen and oxygen atoms in total. The van der Waals surface area contributed by atoms with Crippen LogP contribution in [0.2, 0.25) is 0 Å². The van der Waals surface area contributed by atoms with Crippen molar-refractivity contribution in [3.05, 3.63) is 23.5 Å². The monoisotopic (exact) mass is 276 g/mol. The Morgan fingerprint density at radius 2 is 1.82 bits per heavy atom. The van der Waals surface area contributed by atoms with Crippen LogP contribution in [0.3, 0.4) is 0 Å². The number of hydrogen-bond acceptors (Lipinski definition) is 3. The highest BCUT2D eigenvalue weighted by Crippen LogP contribution is 2.34. The fourth-order valence-electron chi connectivity index (χ4n) is 1.02. The first-order chi connectivity index (χ1) is 7.53. The lowest BCUT2D eigenvalue weighted by Crippen LogP contribution is -2.20. The predicted molar refractivity (Wildman–Crippen MR) is 45.6 cm³/mol. The molecule has 1 aromatic rings. The molecule has 0 aromatic carbocycles. The Morgan fingerprint density at radius 3 is 2.18 bits per heavy atom. The summed E-state index contributed by atoms with van der Waals surface area (Å²) in [4.78, 5) is 1.41. The molecule has 0 unspecified atom stereocenters. The molecule has 0 radical (unpaired) electrons. The van der Waals surface area contributed by atoms with Gasteiger partial charge in [-0.05, 0) is 6.07 Å². The van der Waals surface area contributed by atoms with E-state index in [2.05, 4.69) is 10.1 Å². The van der Waals surface area contributed by atoms with Gasteiger partial charge in [-0.15, -0.1) is 0 Å². The Balaban J connectivity index is 3.55. The number of hydrogen-bond donors (Lipinski definition) is 1. The Morgan fingerprint density at radius 1 is 1.29 bits per heavy atom. The first kappa shape index (κ1) is 13.8. The van der Waals surface area contributed by atoms with E-state index in [-0.39, 0.29) is 12.3 Å². The smallest absolute Gasteiger partial charge is 0.255 e. The molecule has 1 heterocycles. The highest BCUT2D eigenvalue weighted by atomic mass is 32.2. The summed E-state index contributed by atoms with van der Waals surface area (Å²) in [5.41, 5.74) is -2.77. The van der Waals surface area contributed by atoms with Crippen LogP contribution in [0.15, 0.2) is 17.2 Å². The third-order valence-electron chi connectivity index (χ3n) is 1.72. The van der Waals surface area contributed by atoms with Crippen LogP contribution in [0, 0.1) is 0 Å². The zero-order valence-electron chi connectivity index (χ0n) is 7.87. The number of alkyl halides is 5. The van der Waals surface area contributed by atoms with E-state index in [1.165, 1.54) is 0 Å². The molecule has 1 rings (SSSR count). The van der Waals surface area contributed by atoms with Gasteiger partial charge in [-0.1, -0.05) is 0 Å². The molecular weight excluding hydrogens is 271 g/mol. The third-order valence-corrected chi connectivity index (χ3v) is 2.67. The lowest BCUT2D eigenvalue weighted by Gasteiger charge is -2.11. The molecular formula is C7H5F5N2O2S. The Hall–Kier alpha value is -1.29. The number of sulfonamides is 1. The summed E-state index contributed by atoms with van der Waals surface area (Å²) in [6, 6.07) is 0.114. The van der Waals surface area contributed by atoms with E-state index in [4.69, 9.17) is 0 Å². The lowest BCUT2D eigenvalue weighted by atomic mass is 10.2. The van der Waals surface area contributed by atoms with Crippen LogP contribution in [0.1, 0.15) is 17.7 Å². The number of pyridine rings is 1. The van der Waals surface area contributed by atoms with E-state index in [0.717, 1.165) is 0 Å². The van der Waals surface area contributed by atoms with Gasteiger partial charge in [-0.25, -0.2) is 22.3 Å². The van der Waals surface area contributed by atoms with Gasteiger partial charge < -0.3 is 0 Å². The average molecular weight is 276 g/mol. The molecule has 96 valence electrons. The SMILES string of the molecule is NS(=O)(=O)c1cc(C(F)F)ncc1C(F)(F)F. The fourth-order valence-corrected chi connectivity index (χ4v) is 1.78. The van der Waals surface area contributed by atoms with Crippen molar-refractivity contribution in [2.75, 3.05) is 0 Å². The number of aromatic nitrogens is 1. The van der Waals surface area contributed by atoms with Crippen LogP contribution in [0.5, 0.6) is 0 Å². The van der Waals surface area contributed by atoms with Crippen molar-refractivity contribution < 1.29 is 30.4 Å². The zero-order valence-corrected chi connectivity index (χ0v) is 8.69. The molecule has 0 saturated heterocycles. The minimum atomic E-state index is -5.05. The molecule has 0 fully saturated rings. The first-order valence-corrected chi connectivity index (χ1v) is 5.46.